The summed E-state index contributed by atoms with van der Waals surface area (Å²) in [5.41, 5.74) is 3.04. The van der Waals surface area contributed by atoms with Crippen LogP contribution in [0, 0.1) is 0 Å². The Morgan fingerprint density at radius 3 is 2.53 bits per heavy atom. The summed E-state index contributed by atoms with van der Waals surface area (Å²) in [7, 11) is 3.20. The number of hydrogen-bond acceptors (Lipinski definition) is 6. The lowest BCUT2D eigenvalue weighted by Crippen LogP contribution is -2.25. The van der Waals surface area contributed by atoms with E-state index in [1.807, 2.05) is 34.3 Å². The molecule has 1 saturated carbocycles. The molecule has 3 aromatic rings. The molecule has 8 heteroatoms. The largest absolute Gasteiger partial charge is 0.493 e. The third-order valence-electron chi connectivity index (χ3n) is 5.00. The maximum absolute atomic E-state index is 12.8. The standard InChI is InChI=1S/C22H26N4O3S/c1-22(2,3)26-17(13-6-7-13)11-15(25-26)20(27)24-21-23-16(12-30-21)14-8-9-18(28-4)19(10-14)29-5/h8-13H,6-7H2,1-5H3,(H,23,24,27). The second kappa shape index (κ2) is 7.75. The minimum atomic E-state index is -0.242. The lowest BCUT2D eigenvalue weighted by Gasteiger charge is -2.22. The lowest BCUT2D eigenvalue weighted by molar-refractivity contribution is 0.102. The maximum atomic E-state index is 12.8. The first-order chi connectivity index (χ1) is 14.3. The van der Waals surface area contributed by atoms with Gasteiger partial charge in [0.05, 0.1) is 25.5 Å². The Morgan fingerprint density at radius 2 is 1.90 bits per heavy atom. The van der Waals surface area contributed by atoms with E-state index in [-0.39, 0.29) is 11.4 Å². The number of ether oxygens (including phenoxy) is 2. The van der Waals surface area contributed by atoms with E-state index < -0.39 is 0 Å². The third kappa shape index (κ3) is 4.05. The predicted octanol–water partition coefficient (Wildman–Crippen LogP) is 4.91. The van der Waals surface area contributed by atoms with Crippen molar-refractivity contribution >= 4 is 22.4 Å². The van der Waals surface area contributed by atoms with Crippen LogP contribution in [0.5, 0.6) is 11.5 Å². The first-order valence-corrected chi connectivity index (χ1v) is 10.8. The molecule has 0 saturated heterocycles. The zero-order valence-electron chi connectivity index (χ0n) is 17.9. The van der Waals surface area contributed by atoms with Crippen molar-refractivity contribution in [2.75, 3.05) is 19.5 Å². The van der Waals surface area contributed by atoms with Crippen LogP contribution in [0.3, 0.4) is 0 Å². The second-order valence-corrected chi connectivity index (χ2v) is 9.23. The van der Waals surface area contributed by atoms with Crippen LogP contribution in [0.1, 0.15) is 55.7 Å². The van der Waals surface area contributed by atoms with E-state index in [2.05, 4.69) is 36.2 Å². The Balaban J connectivity index is 1.54. The fourth-order valence-corrected chi connectivity index (χ4v) is 4.05. The number of carbonyl (C=O) groups excluding carboxylic acids is 1. The Hall–Kier alpha value is -2.87. The highest BCUT2D eigenvalue weighted by molar-refractivity contribution is 7.14. The minimum absolute atomic E-state index is 0.168. The van der Waals surface area contributed by atoms with Crippen LogP contribution >= 0.6 is 11.3 Å². The number of benzene rings is 1. The summed E-state index contributed by atoms with van der Waals surface area (Å²) in [6, 6.07) is 7.53. The van der Waals surface area contributed by atoms with Crippen molar-refractivity contribution < 1.29 is 14.3 Å². The summed E-state index contributed by atoms with van der Waals surface area (Å²) >= 11 is 1.38. The summed E-state index contributed by atoms with van der Waals surface area (Å²) in [6.45, 7) is 6.30. The van der Waals surface area contributed by atoms with Gasteiger partial charge in [0.25, 0.3) is 5.91 Å². The minimum Gasteiger partial charge on any atom is -0.493 e. The van der Waals surface area contributed by atoms with Crippen molar-refractivity contribution in [3.05, 3.63) is 41.0 Å². The first-order valence-electron chi connectivity index (χ1n) is 9.90. The van der Waals surface area contributed by atoms with Crippen LogP contribution in [-0.2, 0) is 5.54 Å². The monoisotopic (exact) mass is 426 g/mol. The molecule has 1 aliphatic rings. The predicted molar refractivity (Wildman–Crippen MR) is 118 cm³/mol. The van der Waals surface area contributed by atoms with Crippen molar-refractivity contribution in [1.82, 2.24) is 14.8 Å². The van der Waals surface area contributed by atoms with Gasteiger partial charge in [0, 0.05) is 22.6 Å². The number of methoxy groups -OCH3 is 2. The number of nitrogens with zero attached hydrogens (tertiary/aromatic N) is 3. The first kappa shape index (κ1) is 20.4. The number of anilines is 1. The zero-order chi connectivity index (χ0) is 21.5. The summed E-state index contributed by atoms with van der Waals surface area (Å²) in [4.78, 5) is 17.4. The highest BCUT2D eigenvalue weighted by Gasteiger charge is 2.32. The number of carbonyl (C=O) groups is 1. The van der Waals surface area contributed by atoms with Crippen LogP contribution < -0.4 is 14.8 Å². The SMILES string of the molecule is COc1ccc(-c2csc(NC(=O)c3cc(C4CC4)n(C(C)(C)C)n3)n2)cc1OC. The fourth-order valence-electron chi connectivity index (χ4n) is 3.33. The van der Waals surface area contributed by atoms with Crippen LogP contribution in [-0.4, -0.2) is 34.9 Å². The molecule has 0 spiro atoms. The number of hydrogen-bond donors (Lipinski definition) is 1. The van der Waals surface area contributed by atoms with E-state index in [1.165, 1.54) is 11.3 Å². The van der Waals surface area contributed by atoms with E-state index in [9.17, 15) is 4.79 Å². The molecule has 0 aliphatic heterocycles. The van der Waals surface area contributed by atoms with Gasteiger partial charge in [0.2, 0.25) is 0 Å². The van der Waals surface area contributed by atoms with Crippen LogP contribution in [0.4, 0.5) is 5.13 Å². The van der Waals surface area contributed by atoms with Gasteiger partial charge < -0.3 is 9.47 Å². The summed E-state index contributed by atoms with van der Waals surface area (Å²) in [6.07, 6.45) is 2.31. The van der Waals surface area contributed by atoms with Gasteiger partial charge >= 0.3 is 0 Å². The molecule has 158 valence electrons. The van der Waals surface area contributed by atoms with Gasteiger partial charge in [-0.15, -0.1) is 11.3 Å². The summed E-state index contributed by atoms with van der Waals surface area (Å²) < 4.78 is 12.6. The molecule has 1 fully saturated rings. The van der Waals surface area contributed by atoms with Crippen molar-refractivity contribution in [2.24, 2.45) is 0 Å². The molecule has 0 atom stereocenters. The average Bonchev–Trinajstić information content (AvgIpc) is 3.27. The van der Waals surface area contributed by atoms with E-state index in [0.29, 0.717) is 28.2 Å². The molecule has 2 heterocycles. The number of nitrogens with one attached hydrogen (secondary N) is 1. The molecule has 30 heavy (non-hydrogen) atoms. The normalized spacial score (nSPS) is 13.9. The second-order valence-electron chi connectivity index (χ2n) is 8.37. The number of aromatic nitrogens is 3. The molecule has 7 nitrogen and oxygen atoms in total. The molecular weight excluding hydrogens is 400 g/mol. The van der Waals surface area contributed by atoms with E-state index in [0.717, 1.165) is 29.8 Å². The molecular formula is C22H26N4O3S. The van der Waals surface area contributed by atoms with Crippen LogP contribution in [0.15, 0.2) is 29.6 Å². The Bertz CT molecular complexity index is 1080. The molecule has 0 unspecified atom stereocenters. The number of amides is 1. The van der Waals surface area contributed by atoms with Gasteiger partial charge in [-0.3, -0.25) is 14.8 Å². The Morgan fingerprint density at radius 1 is 1.17 bits per heavy atom. The molecule has 1 amide bonds. The molecule has 0 radical (unpaired) electrons. The highest BCUT2D eigenvalue weighted by atomic mass is 32.1. The molecule has 1 aromatic carbocycles. The highest BCUT2D eigenvalue weighted by Crippen LogP contribution is 2.42. The fraction of sp³-hybridized carbons (Fsp3) is 0.409. The lowest BCUT2D eigenvalue weighted by atomic mass is 10.1. The summed E-state index contributed by atoms with van der Waals surface area (Å²) in [5, 5.41) is 9.92. The van der Waals surface area contributed by atoms with E-state index in [4.69, 9.17) is 9.47 Å². The summed E-state index contributed by atoms with van der Waals surface area (Å²) in [5.74, 6) is 1.56. The van der Waals surface area contributed by atoms with Gasteiger partial charge in [-0.25, -0.2) is 4.98 Å². The molecule has 4 rings (SSSR count). The molecule has 1 aliphatic carbocycles. The average molecular weight is 427 g/mol. The molecule has 1 N–H and O–H groups in total. The molecule has 2 aromatic heterocycles. The topological polar surface area (TPSA) is 78.3 Å². The van der Waals surface area contributed by atoms with E-state index >= 15 is 0 Å². The zero-order valence-corrected chi connectivity index (χ0v) is 18.7. The van der Waals surface area contributed by atoms with Gasteiger partial charge in [0.15, 0.2) is 22.3 Å². The Labute approximate surface area is 180 Å². The van der Waals surface area contributed by atoms with Crippen molar-refractivity contribution in [3.63, 3.8) is 0 Å². The van der Waals surface area contributed by atoms with E-state index in [1.54, 1.807) is 14.2 Å². The smallest absolute Gasteiger partial charge is 0.277 e. The van der Waals surface area contributed by atoms with Gasteiger partial charge in [-0.1, -0.05) is 0 Å². The van der Waals surface area contributed by atoms with Crippen molar-refractivity contribution in [1.29, 1.82) is 0 Å². The van der Waals surface area contributed by atoms with Crippen LogP contribution in [0.25, 0.3) is 11.3 Å². The number of rotatable bonds is 6. The maximum Gasteiger partial charge on any atom is 0.277 e. The molecule has 0 bridgehead atoms. The quantitative estimate of drug-likeness (QED) is 0.606. The number of thiazole rings is 1. The van der Waals surface area contributed by atoms with Gasteiger partial charge in [0.1, 0.15) is 0 Å². The van der Waals surface area contributed by atoms with Crippen LogP contribution in [0.2, 0.25) is 0 Å². The van der Waals surface area contributed by atoms with Gasteiger partial charge in [-0.2, -0.15) is 5.10 Å². The van der Waals surface area contributed by atoms with Gasteiger partial charge in [-0.05, 0) is 57.9 Å². The van der Waals surface area contributed by atoms with Crippen molar-refractivity contribution in [2.45, 2.75) is 45.1 Å². The van der Waals surface area contributed by atoms with Crippen molar-refractivity contribution in [3.8, 4) is 22.8 Å². The Kier molecular flexibility index (Phi) is 5.27. The third-order valence-corrected chi connectivity index (χ3v) is 5.76.